The van der Waals surface area contributed by atoms with Gasteiger partial charge in [0.2, 0.25) is 0 Å². The number of aliphatic hydroxyl groups excluding tert-OH is 8. The smallest absolute Gasteiger partial charge is 0.147 e. The summed E-state index contributed by atoms with van der Waals surface area (Å²) in [5, 5.41) is 77.8. The van der Waals surface area contributed by atoms with Crippen molar-refractivity contribution in [2.75, 3.05) is 13.2 Å². The molecule has 2 aliphatic heterocycles. The molecule has 2 heterocycles. The average Bonchev–Trinajstić information content (AvgIpc) is 2.83. The highest BCUT2D eigenvalue weighted by atomic mass is 16.5. The van der Waals surface area contributed by atoms with Crippen LogP contribution in [-0.4, -0.2) is 115 Å². The molecule has 2 aliphatic rings. The fourth-order valence-electron chi connectivity index (χ4n) is 3.76. The summed E-state index contributed by atoms with van der Waals surface area (Å²) in [6.07, 6.45) is -8.45. The van der Waals surface area contributed by atoms with E-state index in [1.54, 1.807) is 36.4 Å². The molecular formula is C23H30O10. The minimum absolute atomic E-state index is 0.250. The van der Waals surface area contributed by atoms with Crippen LogP contribution in [-0.2, 0) is 9.47 Å². The Morgan fingerprint density at radius 1 is 0.697 bits per heavy atom. The van der Waals surface area contributed by atoms with E-state index in [9.17, 15) is 40.9 Å². The van der Waals surface area contributed by atoms with Crippen molar-refractivity contribution in [3.63, 3.8) is 0 Å². The third-order valence-corrected chi connectivity index (χ3v) is 5.83. The summed E-state index contributed by atoms with van der Waals surface area (Å²) in [6, 6.07) is 7.01. The van der Waals surface area contributed by atoms with Crippen molar-refractivity contribution >= 4 is 6.08 Å². The van der Waals surface area contributed by atoms with E-state index < -0.39 is 74.3 Å². The molecule has 1 aromatic rings. The minimum Gasteiger partial charge on any atom is -0.394 e. The third kappa shape index (κ3) is 5.98. The topological polar surface area (TPSA) is 180 Å². The normalized spacial score (nSPS) is 39.3. The van der Waals surface area contributed by atoms with Gasteiger partial charge in [-0.1, -0.05) is 36.1 Å². The molecule has 0 aliphatic carbocycles. The van der Waals surface area contributed by atoms with Crippen LogP contribution >= 0.6 is 0 Å². The molecule has 1 aromatic carbocycles. The molecule has 10 heteroatoms. The largest absolute Gasteiger partial charge is 0.394 e. The number of aliphatic hydroxyl groups is 8. The molecule has 0 saturated carbocycles. The Kier molecular flexibility index (Phi) is 8.97. The second-order valence-corrected chi connectivity index (χ2v) is 8.15. The van der Waals surface area contributed by atoms with Gasteiger partial charge in [0.1, 0.15) is 54.9 Å². The highest BCUT2D eigenvalue weighted by Crippen LogP contribution is 2.24. The summed E-state index contributed by atoms with van der Waals surface area (Å²) < 4.78 is 10.8. The first kappa shape index (κ1) is 25.7. The zero-order chi connectivity index (χ0) is 24.1. The van der Waals surface area contributed by atoms with Gasteiger partial charge in [-0.25, -0.2) is 0 Å². The molecule has 0 aromatic heterocycles. The molecule has 2 fully saturated rings. The zero-order valence-electron chi connectivity index (χ0n) is 17.8. The Morgan fingerprint density at radius 2 is 1.24 bits per heavy atom. The number of rotatable bonds is 5. The number of hydrogen-bond acceptors (Lipinski definition) is 10. The van der Waals surface area contributed by atoms with E-state index in [2.05, 4.69) is 11.8 Å². The summed E-state index contributed by atoms with van der Waals surface area (Å²) in [5.41, 5.74) is 1.43. The van der Waals surface area contributed by atoms with Gasteiger partial charge < -0.3 is 50.3 Å². The maximum Gasteiger partial charge on any atom is 0.147 e. The Hall–Kier alpha value is -1.88. The molecule has 0 radical (unpaired) electrons. The number of ether oxygens (including phenoxy) is 2. The fraction of sp³-hybridized carbons (Fsp3) is 0.565. The molecular weight excluding hydrogens is 436 g/mol. The monoisotopic (exact) mass is 466 g/mol. The lowest BCUT2D eigenvalue weighted by atomic mass is 9.93. The second kappa shape index (κ2) is 11.5. The van der Waals surface area contributed by atoms with Gasteiger partial charge in [-0.3, -0.25) is 0 Å². The van der Waals surface area contributed by atoms with Crippen LogP contribution in [0, 0.1) is 11.8 Å². The van der Waals surface area contributed by atoms with E-state index >= 15 is 0 Å². The molecule has 33 heavy (non-hydrogen) atoms. The molecule has 10 nitrogen and oxygen atoms in total. The summed E-state index contributed by atoms with van der Waals surface area (Å²) >= 11 is 0. The Balaban J connectivity index is 1.58. The second-order valence-electron chi connectivity index (χ2n) is 8.15. The van der Waals surface area contributed by atoms with Crippen molar-refractivity contribution in [1.29, 1.82) is 0 Å². The van der Waals surface area contributed by atoms with Crippen molar-refractivity contribution in [1.82, 2.24) is 0 Å². The minimum atomic E-state index is -1.48. The van der Waals surface area contributed by atoms with Gasteiger partial charge >= 0.3 is 0 Å². The summed E-state index contributed by atoms with van der Waals surface area (Å²) in [7, 11) is 0. The highest BCUT2D eigenvalue weighted by Gasteiger charge is 2.43. The fourth-order valence-corrected chi connectivity index (χ4v) is 3.76. The Bertz CT molecular complexity index is 843. The van der Waals surface area contributed by atoms with Crippen LogP contribution in [0.25, 0.3) is 6.08 Å². The Labute approximate surface area is 191 Å². The summed E-state index contributed by atoms with van der Waals surface area (Å²) in [4.78, 5) is 0. The Morgan fingerprint density at radius 3 is 1.85 bits per heavy atom. The molecule has 0 spiro atoms. The predicted molar refractivity (Wildman–Crippen MR) is 115 cm³/mol. The molecule has 3 rings (SSSR count). The lowest BCUT2D eigenvalue weighted by molar-refractivity contribution is -0.227. The van der Waals surface area contributed by atoms with E-state index in [-0.39, 0.29) is 6.42 Å². The molecule has 0 unspecified atom stereocenters. The molecule has 8 N–H and O–H groups in total. The van der Waals surface area contributed by atoms with Crippen LogP contribution in [0.3, 0.4) is 0 Å². The SMILES string of the molecule is OC[C@H]1O[C@H](C/C=C/c2ccc(C#C[C@H]3O[C@H](CO)[C@@H](O)[C@H](O)[C@@H]3O)cc2)[C@@H](O)[C@@H](O)[C@@H]1O. The highest BCUT2D eigenvalue weighted by molar-refractivity contribution is 5.51. The number of benzene rings is 1. The van der Waals surface area contributed by atoms with E-state index in [1.807, 2.05) is 0 Å². The van der Waals surface area contributed by atoms with Crippen LogP contribution in [0.2, 0.25) is 0 Å². The van der Waals surface area contributed by atoms with Crippen molar-refractivity contribution in [2.24, 2.45) is 0 Å². The molecule has 2 saturated heterocycles. The number of hydrogen-bond donors (Lipinski definition) is 8. The molecule has 182 valence electrons. The third-order valence-electron chi connectivity index (χ3n) is 5.83. The van der Waals surface area contributed by atoms with Crippen molar-refractivity contribution in [3.05, 3.63) is 41.5 Å². The van der Waals surface area contributed by atoms with Gasteiger partial charge in [-0.2, -0.15) is 0 Å². The van der Waals surface area contributed by atoms with Crippen LogP contribution in [0.4, 0.5) is 0 Å². The first-order valence-electron chi connectivity index (χ1n) is 10.7. The van der Waals surface area contributed by atoms with Crippen LogP contribution in [0.15, 0.2) is 30.3 Å². The molecule has 0 bridgehead atoms. The van der Waals surface area contributed by atoms with Gasteiger partial charge in [-0.15, -0.1) is 0 Å². The van der Waals surface area contributed by atoms with Crippen LogP contribution < -0.4 is 0 Å². The van der Waals surface area contributed by atoms with Gasteiger partial charge in [0, 0.05) is 5.56 Å². The van der Waals surface area contributed by atoms with Crippen molar-refractivity contribution in [2.45, 2.75) is 67.5 Å². The van der Waals surface area contributed by atoms with Gasteiger partial charge in [0.15, 0.2) is 0 Å². The van der Waals surface area contributed by atoms with Crippen LogP contribution in [0.1, 0.15) is 17.5 Å². The first-order valence-corrected chi connectivity index (χ1v) is 10.7. The maximum absolute atomic E-state index is 10.1. The van der Waals surface area contributed by atoms with Gasteiger partial charge in [-0.05, 0) is 24.1 Å². The van der Waals surface area contributed by atoms with E-state index in [1.165, 1.54) is 0 Å². The van der Waals surface area contributed by atoms with E-state index in [4.69, 9.17) is 9.47 Å². The maximum atomic E-state index is 10.1. The predicted octanol–water partition coefficient (Wildman–Crippen LogP) is -2.87. The molecule has 10 atom stereocenters. The van der Waals surface area contributed by atoms with E-state index in [0.717, 1.165) is 5.56 Å². The summed E-state index contributed by atoms with van der Waals surface area (Å²) in [6.45, 7) is -0.996. The van der Waals surface area contributed by atoms with Crippen LogP contribution in [0.5, 0.6) is 0 Å². The van der Waals surface area contributed by atoms with Gasteiger partial charge in [0.25, 0.3) is 0 Å². The molecule has 0 amide bonds. The van der Waals surface area contributed by atoms with E-state index in [0.29, 0.717) is 5.56 Å². The first-order chi connectivity index (χ1) is 15.8. The van der Waals surface area contributed by atoms with Crippen molar-refractivity contribution in [3.8, 4) is 11.8 Å². The summed E-state index contributed by atoms with van der Waals surface area (Å²) in [5.74, 6) is 5.52. The van der Waals surface area contributed by atoms with Gasteiger partial charge in [0.05, 0.1) is 19.3 Å². The average molecular weight is 466 g/mol. The lowest BCUT2D eigenvalue weighted by Gasteiger charge is -2.39. The lowest BCUT2D eigenvalue weighted by Crippen LogP contribution is -2.58. The van der Waals surface area contributed by atoms with Crippen molar-refractivity contribution < 1.29 is 50.3 Å². The zero-order valence-corrected chi connectivity index (χ0v) is 17.8. The standard InChI is InChI=1S/C23H30O10/c24-10-16-20(28)22(30)18(26)14(32-16)3-1-2-12-4-6-13(7-5-12)8-9-15-19(27)23(31)21(29)17(11-25)33-15/h1-2,4-7,14-31H,3,10-11H2/b2-1+/t14-,15-,16-,17-,18-,19-,20-,21-,22-,23-/m1/s1. The quantitative estimate of drug-likeness (QED) is 0.210.